The van der Waals surface area contributed by atoms with Crippen LogP contribution in [0.25, 0.3) is 11.4 Å². The number of methoxy groups -OCH3 is 1. The number of anilines is 1. The maximum absolute atomic E-state index is 13.4. The van der Waals surface area contributed by atoms with Gasteiger partial charge in [0.05, 0.1) is 30.6 Å². The van der Waals surface area contributed by atoms with Crippen LogP contribution in [0.2, 0.25) is 0 Å². The number of Topliss-reactive ketones (excluding diaryl/α,β-unsaturated/α-hetero) is 1. The highest BCUT2D eigenvalue weighted by Crippen LogP contribution is 2.43. The summed E-state index contributed by atoms with van der Waals surface area (Å²) in [7, 11) is 1.52. The molecule has 2 amide bonds. The molecule has 0 spiro atoms. The van der Waals surface area contributed by atoms with Crippen LogP contribution in [0.15, 0.2) is 54.7 Å². The second kappa shape index (κ2) is 9.77. The van der Waals surface area contributed by atoms with Crippen molar-refractivity contribution in [3.63, 3.8) is 0 Å². The van der Waals surface area contributed by atoms with Gasteiger partial charge in [0.25, 0.3) is 11.8 Å². The molecule has 4 heterocycles. The number of fused-ring (bicyclic) bond motifs is 1. The summed E-state index contributed by atoms with van der Waals surface area (Å²) in [6.07, 6.45) is 1.57. The molecule has 5 rings (SSSR count). The lowest BCUT2D eigenvalue weighted by atomic mass is 9.94. The summed E-state index contributed by atoms with van der Waals surface area (Å²) in [4.78, 5) is 51.7. The Morgan fingerprint density at radius 1 is 0.972 bits per heavy atom. The molecule has 9 heteroatoms. The van der Waals surface area contributed by atoms with Crippen LogP contribution in [0.3, 0.4) is 0 Å². The van der Waals surface area contributed by atoms with Crippen LogP contribution in [0.1, 0.15) is 27.5 Å². The maximum atomic E-state index is 13.4. The molecule has 0 bridgehead atoms. The highest BCUT2D eigenvalue weighted by molar-refractivity contribution is 6.38. The first-order valence-electron chi connectivity index (χ1n) is 11.9. The molecule has 2 aromatic heterocycles. The summed E-state index contributed by atoms with van der Waals surface area (Å²) in [5, 5.41) is 3.26. The molecule has 1 unspecified atom stereocenters. The summed E-state index contributed by atoms with van der Waals surface area (Å²) >= 11 is 0. The van der Waals surface area contributed by atoms with Crippen LogP contribution in [-0.2, 0) is 9.59 Å². The zero-order chi connectivity index (χ0) is 25.2. The second-order valence-electron chi connectivity index (χ2n) is 8.88. The molecule has 0 saturated carbocycles. The number of ether oxygens (including phenoxy) is 1. The number of carbonyl (C=O) groups is 3. The Morgan fingerprint density at radius 3 is 2.39 bits per heavy atom. The van der Waals surface area contributed by atoms with E-state index in [0.29, 0.717) is 60.1 Å². The predicted molar refractivity (Wildman–Crippen MR) is 134 cm³/mol. The molecule has 36 heavy (non-hydrogen) atoms. The van der Waals surface area contributed by atoms with E-state index in [-0.39, 0.29) is 12.5 Å². The Balaban J connectivity index is 1.33. The van der Waals surface area contributed by atoms with Gasteiger partial charge in [0, 0.05) is 49.5 Å². The molecule has 2 aliphatic rings. The van der Waals surface area contributed by atoms with Crippen molar-refractivity contribution in [1.29, 1.82) is 0 Å². The lowest BCUT2D eigenvalue weighted by molar-refractivity contribution is -0.146. The number of ketones is 1. The molecular formula is C27H27N5O4. The van der Waals surface area contributed by atoms with E-state index in [1.54, 1.807) is 23.2 Å². The zero-order valence-electron chi connectivity index (χ0n) is 20.2. The molecule has 0 aliphatic carbocycles. The molecule has 3 aromatic rings. The van der Waals surface area contributed by atoms with E-state index >= 15 is 0 Å². The minimum atomic E-state index is -0.696. The van der Waals surface area contributed by atoms with Gasteiger partial charge in [0.2, 0.25) is 5.78 Å². The Bertz CT molecular complexity index is 1320. The third-order valence-corrected chi connectivity index (χ3v) is 6.67. The Hall–Kier alpha value is -4.27. The van der Waals surface area contributed by atoms with E-state index in [2.05, 4.69) is 15.3 Å². The van der Waals surface area contributed by atoms with Crippen molar-refractivity contribution in [2.24, 2.45) is 0 Å². The van der Waals surface area contributed by atoms with E-state index in [0.717, 1.165) is 5.69 Å². The van der Waals surface area contributed by atoms with Crippen molar-refractivity contribution in [3.8, 4) is 17.1 Å². The van der Waals surface area contributed by atoms with Crippen LogP contribution >= 0.6 is 0 Å². The average Bonchev–Trinajstić information content (AvgIpc) is 3.37. The van der Waals surface area contributed by atoms with E-state index in [9.17, 15) is 14.4 Å². The number of hydrogen-bond acceptors (Lipinski definition) is 7. The monoisotopic (exact) mass is 485 g/mol. The second-order valence-corrected chi connectivity index (χ2v) is 8.88. The van der Waals surface area contributed by atoms with Gasteiger partial charge in [-0.2, -0.15) is 0 Å². The summed E-state index contributed by atoms with van der Waals surface area (Å²) in [5.41, 5.74) is 4.05. The summed E-state index contributed by atoms with van der Waals surface area (Å²) < 4.78 is 5.52. The Labute approximate surface area is 209 Å². The topological polar surface area (TPSA) is 105 Å². The van der Waals surface area contributed by atoms with Gasteiger partial charge in [0.1, 0.15) is 11.4 Å². The Morgan fingerprint density at radius 2 is 1.69 bits per heavy atom. The Kier molecular flexibility index (Phi) is 6.37. The lowest BCUT2D eigenvalue weighted by Gasteiger charge is -2.34. The number of carbonyl (C=O) groups excluding carboxylic acids is 3. The summed E-state index contributed by atoms with van der Waals surface area (Å²) in [6.45, 7) is 3.54. The minimum absolute atomic E-state index is 0.0718. The van der Waals surface area contributed by atoms with Crippen LogP contribution < -0.4 is 10.1 Å². The van der Waals surface area contributed by atoms with Crippen molar-refractivity contribution < 1.29 is 19.1 Å². The van der Waals surface area contributed by atoms with Crippen molar-refractivity contribution in [1.82, 2.24) is 19.8 Å². The highest BCUT2D eigenvalue weighted by atomic mass is 16.5. The van der Waals surface area contributed by atoms with E-state index in [1.165, 1.54) is 12.0 Å². The van der Waals surface area contributed by atoms with Crippen molar-refractivity contribution in [3.05, 3.63) is 71.5 Å². The fourth-order valence-corrected chi connectivity index (χ4v) is 4.78. The van der Waals surface area contributed by atoms with Gasteiger partial charge >= 0.3 is 0 Å². The number of aromatic nitrogens is 2. The molecule has 0 radical (unpaired) electrons. The molecule has 1 fully saturated rings. The molecule has 9 nitrogen and oxygen atoms in total. The third kappa shape index (κ3) is 4.28. The maximum Gasteiger partial charge on any atom is 0.290 e. The third-order valence-electron chi connectivity index (χ3n) is 6.67. The van der Waals surface area contributed by atoms with E-state index in [1.807, 2.05) is 43.3 Å². The molecule has 1 N–H and O–H groups in total. The fourth-order valence-electron chi connectivity index (χ4n) is 4.78. The molecule has 1 atom stereocenters. The number of hydrogen-bond donors (Lipinski definition) is 1. The first-order chi connectivity index (χ1) is 17.5. The molecule has 1 saturated heterocycles. The van der Waals surface area contributed by atoms with E-state index in [4.69, 9.17) is 4.74 Å². The van der Waals surface area contributed by atoms with Crippen LogP contribution in [0.4, 0.5) is 5.69 Å². The smallest absolute Gasteiger partial charge is 0.290 e. The van der Waals surface area contributed by atoms with Crippen LogP contribution in [0, 0.1) is 6.92 Å². The van der Waals surface area contributed by atoms with Gasteiger partial charge in [-0.05, 0) is 31.2 Å². The predicted octanol–water partition coefficient (Wildman–Crippen LogP) is 2.52. The molecule has 2 aliphatic heterocycles. The average molecular weight is 486 g/mol. The molecular weight excluding hydrogens is 458 g/mol. The van der Waals surface area contributed by atoms with Gasteiger partial charge in [-0.25, -0.2) is 4.98 Å². The number of aryl methyl sites for hydroxylation is 1. The van der Waals surface area contributed by atoms with Crippen LogP contribution in [-0.4, -0.2) is 77.2 Å². The summed E-state index contributed by atoms with van der Waals surface area (Å²) in [5.74, 6) is -1.36. The first-order valence-corrected chi connectivity index (χ1v) is 11.9. The molecule has 184 valence electrons. The van der Waals surface area contributed by atoms with Gasteiger partial charge in [-0.15, -0.1) is 0 Å². The highest BCUT2D eigenvalue weighted by Gasteiger charge is 2.39. The fraction of sp³-hybridized carbons (Fsp3) is 0.296. The van der Waals surface area contributed by atoms with Crippen LogP contribution in [0.5, 0.6) is 5.75 Å². The van der Waals surface area contributed by atoms with Gasteiger partial charge in [-0.1, -0.05) is 24.3 Å². The van der Waals surface area contributed by atoms with Gasteiger partial charge in [0.15, 0.2) is 0 Å². The quantitative estimate of drug-likeness (QED) is 0.554. The van der Waals surface area contributed by atoms with Crippen molar-refractivity contribution >= 4 is 23.3 Å². The SMILES string of the molecule is COc1cnc(-c2cccc(C)n2)c2c1C(C(=O)C(=O)N1CCN(C(=O)c3ccccc3)CC1)CN2. The van der Waals surface area contributed by atoms with Crippen molar-refractivity contribution in [2.45, 2.75) is 12.8 Å². The van der Waals surface area contributed by atoms with Gasteiger partial charge in [-0.3, -0.25) is 19.4 Å². The van der Waals surface area contributed by atoms with E-state index < -0.39 is 17.6 Å². The van der Waals surface area contributed by atoms with Crippen molar-refractivity contribution in [2.75, 3.05) is 45.2 Å². The minimum Gasteiger partial charge on any atom is -0.495 e. The number of piperazine rings is 1. The number of amides is 2. The normalized spacial score (nSPS) is 16.8. The molecule has 1 aromatic carbocycles. The standard InChI is InChI=1S/C27H27N5O4/c1-17-7-6-10-20(30-17)23-24-22(21(36-2)16-29-23)19(15-28-24)25(33)27(35)32-13-11-31(12-14-32)26(34)18-8-4-3-5-9-18/h3-10,16,19,28H,11-15H2,1-2H3. The number of nitrogens with zero attached hydrogens (tertiary/aromatic N) is 4. The number of pyridine rings is 2. The largest absolute Gasteiger partial charge is 0.495 e. The number of rotatable bonds is 5. The first kappa shape index (κ1) is 23.5. The lowest BCUT2D eigenvalue weighted by Crippen LogP contribution is -2.52. The summed E-state index contributed by atoms with van der Waals surface area (Å²) in [6, 6.07) is 14.7. The number of benzene rings is 1. The zero-order valence-corrected chi connectivity index (χ0v) is 20.2. The number of nitrogens with one attached hydrogen (secondary N) is 1. The van der Waals surface area contributed by atoms with Gasteiger partial charge < -0.3 is 19.9 Å².